The van der Waals surface area contributed by atoms with Crippen LogP contribution in [0.15, 0.2) is 81.3 Å². The van der Waals surface area contributed by atoms with E-state index in [0.29, 0.717) is 27.5 Å². The number of fused-ring (bicyclic) bond motifs is 1. The summed E-state index contributed by atoms with van der Waals surface area (Å²) in [6, 6.07) is 16.2. The predicted octanol–water partition coefficient (Wildman–Crippen LogP) is 3.91. The van der Waals surface area contributed by atoms with Crippen LogP contribution in [0.4, 0.5) is 10.1 Å². The number of aromatic nitrogens is 2. The molecular formula is C21H16FN3O3S. The first-order valence-electron chi connectivity index (χ1n) is 8.80. The van der Waals surface area contributed by atoms with Crippen LogP contribution < -0.4 is 10.9 Å². The summed E-state index contributed by atoms with van der Waals surface area (Å²) in [5.41, 5.74) is 0.719. The van der Waals surface area contributed by atoms with Crippen molar-refractivity contribution in [2.24, 2.45) is 0 Å². The summed E-state index contributed by atoms with van der Waals surface area (Å²) < 4.78 is 20.1. The Morgan fingerprint density at radius 3 is 2.79 bits per heavy atom. The van der Waals surface area contributed by atoms with Crippen LogP contribution in [0.2, 0.25) is 0 Å². The Morgan fingerprint density at radius 1 is 1.14 bits per heavy atom. The van der Waals surface area contributed by atoms with E-state index in [2.05, 4.69) is 10.3 Å². The molecule has 0 unspecified atom stereocenters. The van der Waals surface area contributed by atoms with E-state index in [9.17, 15) is 14.0 Å². The molecule has 6 nitrogen and oxygen atoms in total. The Hall–Kier alpha value is -3.39. The Kier molecular flexibility index (Phi) is 5.44. The van der Waals surface area contributed by atoms with E-state index in [1.807, 2.05) is 0 Å². The third kappa shape index (κ3) is 4.38. The van der Waals surface area contributed by atoms with Crippen molar-refractivity contribution in [3.8, 4) is 0 Å². The molecule has 2 heterocycles. The number of halogens is 1. The Balaban J connectivity index is 1.59. The maximum absolute atomic E-state index is 13.3. The number of hydrogen-bond donors (Lipinski definition) is 1. The molecule has 4 rings (SSSR count). The van der Waals surface area contributed by atoms with Gasteiger partial charge in [-0.15, -0.1) is 0 Å². The molecule has 0 spiro atoms. The van der Waals surface area contributed by atoms with E-state index in [1.54, 1.807) is 42.5 Å². The molecule has 146 valence electrons. The number of amides is 1. The molecule has 8 heteroatoms. The largest absolute Gasteiger partial charge is 0.467 e. The highest BCUT2D eigenvalue weighted by Crippen LogP contribution is 2.20. The van der Waals surface area contributed by atoms with E-state index in [1.165, 1.54) is 29.0 Å². The normalized spacial score (nSPS) is 10.9. The van der Waals surface area contributed by atoms with Crippen LogP contribution in [-0.2, 0) is 11.3 Å². The van der Waals surface area contributed by atoms with Crippen molar-refractivity contribution in [2.45, 2.75) is 11.7 Å². The van der Waals surface area contributed by atoms with Crippen molar-refractivity contribution in [3.63, 3.8) is 0 Å². The van der Waals surface area contributed by atoms with Gasteiger partial charge in [-0.2, -0.15) is 0 Å². The van der Waals surface area contributed by atoms with Crippen LogP contribution in [0.3, 0.4) is 0 Å². The second-order valence-electron chi connectivity index (χ2n) is 6.23. The average molecular weight is 409 g/mol. The summed E-state index contributed by atoms with van der Waals surface area (Å²) in [5.74, 6) is -0.138. The number of carbonyl (C=O) groups excluding carboxylic acids is 1. The summed E-state index contributed by atoms with van der Waals surface area (Å²) in [6.45, 7) is 0.206. The number of nitrogens with one attached hydrogen (secondary N) is 1. The fourth-order valence-corrected chi connectivity index (χ4v) is 3.65. The number of rotatable bonds is 6. The highest BCUT2D eigenvalue weighted by molar-refractivity contribution is 7.99. The molecule has 0 aliphatic rings. The number of furan rings is 1. The van der Waals surface area contributed by atoms with Gasteiger partial charge in [-0.05, 0) is 42.5 Å². The van der Waals surface area contributed by atoms with Gasteiger partial charge >= 0.3 is 0 Å². The molecule has 2 aromatic heterocycles. The SMILES string of the molecule is O=C(CSc1nc2ccccc2c(=O)n1Cc1ccco1)Nc1cccc(F)c1. The number of hydrogen-bond acceptors (Lipinski definition) is 5. The van der Waals surface area contributed by atoms with Gasteiger partial charge in [0.15, 0.2) is 5.16 Å². The summed E-state index contributed by atoms with van der Waals surface area (Å²) in [5, 5.41) is 3.53. The number of nitrogens with zero attached hydrogens (tertiary/aromatic N) is 2. The van der Waals surface area contributed by atoms with Gasteiger partial charge < -0.3 is 9.73 Å². The second kappa shape index (κ2) is 8.32. The molecule has 2 aromatic carbocycles. The van der Waals surface area contributed by atoms with Crippen molar-refractivity contribution in [1.82, 2.24) is 9.55 Å². The van der Waals surface area contributed by atoms with Gasteiger partial charge in [0.05, 0.1) is 29.5 Å². The van der Waals surface area contributed by atoms with Crippen molar-refractivity contribution < 1.29 is 13.6 Å². The van der Waals surface area contributed by atoms with Crippen molar-refractivity contribution in [2.75, 3.05) is 11.1 Å². The van der Waals surface area contributed by atoms with Crippen molar-refractivity contribution in [3.05, 3.63) is 88.9 Å². The zero-order chi connectivity index (χ0) is 20.2. The summed E-state index contributed by atoms with van der Waals surface area (Å²) in [7, 11) is 0. The first-order valence-corrected chi connectivity index (χ1v) is 9.79. The molecule has 0 saturated heterocycles. The summed E-state index contributed by atoms with van der Waals surface area (Å²) in [4.78, 5) is 29.8. The summed E-state index contributed by atoms with van der Waals surface area (Å²) >= 11 is 1.13. The smallest absolute Gasteiger partial charge is 0.262 e. The zero-order valence-corrected chi connectivity index (χ0v) is 16.0. The maximum atomic E-state index is 13.3. The minimum absolute atomic E-state index is 0.0133. The topological polar surface area (TPSA) is 77.1 Å². The van der Waals surface area contributed by atoms with Crippen LogP contribution in [0.25, 0.3) is 10.9 Å². The number of benzene rings is 2. The van der Waals surface area contributed by atoms with Gasteiger partial charge in [-0.25, -0.2) is 9.37 Å². The first-order chi connectivity index (χ1) is 14.1. The molecule has 29 heavy (non-hydrogen) atoms. The fourth-order valence-electron chi connectivity index (χ4n) is 2.85. The van der Waals surface area contributed by atoms with Gasteiger partial charge in [0, 0.05) is 5.69 Å². The molecule has 1 amide bonds. The van der Waals surface area contributed by atoms with E-state index in [0.717, 1.165) is 11.8 Å². The van der Waals surface area contributed by atoms with E-state index in [4.69, 9.17) is 4.42 Å². The Morgan fingerprint density at radius 2 is 2.00 bits per heavy atom. The molecule has 0 aliphatic heterocycles. The fraction of sp³-hybridized carbons (Fsp3) is 0.0952. The quantitative estimate of drug-likeness (QED) is 0.386. The van der Waals surface area contributed by atoms with Crippen LogP contribution in [-0.4, -0.2) is 21.2 Å². The Labute approximate surface area is 169 Å². The molecule has 1 N–H and O–H groups in total. The van der Waals surface area contributed by atoms with Crippen molar-refractivity contribution >= 4 is 34.3 Å². The zero-order valence-electron chi connectivity index (χ0n) is 15.2. The van der Waals surface area contributed by atoms with Gasteiger partial charge in [0.1, 0.15) is 11.6 Å². The van der Waals surface area contributed by atoms with Gasteiger partial charge in [0.25, 0.3) is 5.56 Å². The first kappa shape index (κ1) is 18.9. The summed E-state index contributed by atoms with van der Waals surface area (Å²) in [6.07, 6.45) is 1.54. The molecule has 0 aliphatic carbocycles. The van der Waals surface area contributed by atoms with Gasteiger partial charge in [-0.3, -0.25) is 14.2 Å². The van der Waals surface area contributed by atoms with Crippen LogP contribution in [0.1, 0.15) is 5.76 Å². The lowest BCUT2D eigenvalue weighted by Crippen LogP contribution is -2.24. The van der Waals surface area contributed by atoms with Gasteiger partial charge in [0.2, 0.25) is 5.91 Å². The monoisotopic (exact) mass is 409 g/mol. The Bertz CT molecular complexity index is 1220. The third-order valence-corrected chi connectivity index (χ3v) is 5.14. The van der Waals surface area contributed by atoms with E-state index < -0.39 is 5.82 Å². The molecule has 4 aromatic rings. The second-order valence-corrected chi connectivity index (χ2v) is 7.17. The lowest BCUT2D eigenvalue weighted by Gasteiger charge is -2.12. The van der Waals surface area contributed by atoms with Gasteiger partial charge in [-0.1, -0.05) is 30.0 Å². The minimum Gasteiger partial charge on any atom is -0.467 e. The predicted molar refractivity (Wildman–Crippen MR) is 110 cm³/mol. The molecule has 0 atom stereocenters. The lowest BCUT2D eigenvalue weighted by atomic mass is 10.2. The van der Waals surface area contributed by atoms with Crippen LogP contribution in [0, 0.1) is 5.82 Å². The number of para-hydroxylation sites is 1. The number of anilines is 1. The molecule has 0 saturated carbocycles. The van der Waals surface area contributed by atoms with E-state index in [-0.39, 0.29) is 23.8 Å². The van der Waals surface area contributed by atoms with Crippen LogP contribution in [0.5, 0.6) is 0 Å². The minimum atomic E-state index is -0.432. The molecular weight excluding hydrogens is 393 g/mol. The average Bonchev–Trinajstić information content (AvgIpc) is 3.22. The number of carbonyl (C=O) groups is 1. The van der Waals surface area contributed by atoms with Crippen molar-refractivity contribution in [1.29, 1.82) is 0 Å². The lowest BCUT2D eigenvalue weighted by molar-refractivity contribution is -0.113. The van der Waals surface area contributed by atoms with E-state index >= 15 is 0 Å². The number of thioether (sulfide) groups is 1. The highest BCUT2D eigenvalue weighted by Gasteiger charge is 2.14. The highest BCUT2D eigenvalue weighted by atomic mass is 32.2. The third-order valence-electron chi connectivity index (χ3n) is 4.16. The molecule has 0 fully saturated rings. The molecule has 0 bridgehead atoms. The van der Waals surface area contributed by atoms with Crippen LogP contribution >= 0.6 is 11.8 Å². The standard InChI is InChI=1S/C21H16FN3O3S/c22-14-5-3-6-15(11-14)23-19(26)13-29-21-24-18-9-2-1-8-17(18)20(27)25(21)12-16-7-4-10-28-16/h1-11H,12-13H2,(H,23,26). The molecule has 0 radical (unpaired) electrons. The maximum Gasteiger partial charge on any atom is 0.262 e.